The van der Waals surface area contributed by atoms with E-state index in [2.05, 4.69) is 5.32 Å². The van der Waals surface area contributed by atoms with E-state index in [1.165, 1.54) is 35.2 Å². The number of benzene rings is 2. The first-order valence-corrected chi connectivity index (χ1v) is 15.8. The molecule has 0 unspecified atom stereocenters. The van der Waals surface area contributed by atoms with E-state index in [1.807, 2.05) is 6.07 Å². The lowest BCUT2D eigenvalue weighted by molar-refractivity contribution is -0.167. The maximum Gasteiger partial charge on any atom is 0.420 e. The third-order valence-electron chi connectivity index (χ3n) is 6.57. The Kier molecular flexibility index (Phi) is 12.5. The van der Waals surface area contributed by atoms with Crippen LogP contribution in [0.2, 0.25) is 0 Å². The fraction of sp³-hybridized carbons (Fsp3) is 0.486. The van der Waals surface area contributed by atoms with Gasteiger partial charge in [-0.25, -0.2) is 18.9 Å². The van der Waals surface area contributed by atoms with Crippen molar-refractivity contribution >= 4 is 41.3 Å². The Labute approximate surface area is 290 Å². The number of halogens is 1. The molecule has 50 heavy (non-hydrogen) atoms. The molecule has 0 spiro atoms. The zero-order valence-electron chi connectivity index (χ0n) is 29.6. The van der Waals surface area contributed by atoms with Crippen molar-refractivity contribution in [3.8, 4) is 11.8 Å². The fourth-order valence-corrected chi connectivity index (χ4v) is 4.68. The molecule has 0 bridgehead atoms. The lowest BCUT2D eigenvalue weighted by atomic mass is 10.1. The molecule has 4 amide bonds. The number of carbonyl (C=O) groups is 5. The summed E-state index contributed by atoms with van der Waals surface area (Å²) in [5, 5.41) is 12.4. The summed E-state index contributed by atoms with van der Waals surface area (Å²) in [6.07, 6.45) is -5.79. The number of ether oxygens (including phenoxy) is 5. The van der Waals surface area contributed by atoms with Crippen molar-refractivity contribution in [2.24, 2.45) is 0 Å². The lowest BCUT2D eigenvalue weighted by Crippen LogP contribution is -2.56. The molecular formula is C35H43FN4O10. The van der Waals surface area contributed by atoms with Gasteiger partial charge in [0.05, 0.1) is 36.6 Å². The van der Waals surface area contributed by atoms with Gasteiger partial charge in [-0.15, -0.1) is 0 Å². The molecular weight excluding hydrogens is 655 g/mol. The molecule has 270 valence electrons. The Morgan fingerprint density at radius 2 is 1.66 bits per heavy atom. The van der Waals surface area contributed by atoms with Crippen molar-refractivity contribution in [3.05, 3.63) is 53.3 Å². The molecule has 1 saturated heterocycles. The van der Waals surface area contributed by atoms with Gasteiger partial charge in [0, 0.05) is 25.2 Å². The normalized spacial score (nSPS) is 15.4. The molecule has 2 atom stereocenters. The number of amides is 4. The van der Waals surface area contributed by atoms with Crippen LogP contribution < -0.4 is 15.0 Å². The second kappa shape index (κ2) is 16.0. The van der Waals surface area contributed by atoms with E-state index in [0.29, 0.717) is 4.90 Å². The number of carbonyl (C=O) groups excluding carboxylic acids is 5. The smallest absolute Gasteiger partial charge is 0.420 e. The van der Waals surface area contributed by atoms with Gasteiger partial charge >= 0.3 is 18.2 Å². The summed E-state index contributed by atoms with van der Waals surface area (Å²) in [6.45, 7) is 13.7. The quantitative estimate of drug-likeness (QED) is 0.260. The van der Waals surface area contributed by atoms with Gasteiger partial charge in [0.25, 0.3) is 11.8 Å². The van der Waals surface area contributed by atoms with E-state index in [0.717, 1.165) is 13.0 Å². The molecule has 2 aromatic carbocycles. The number of esters is 1. The second-order valence-corrected chi connectivity index (χ2v) is 13.6. The Hall–Kier alpha value is -5.23. The predicted octanol–water partition coefficient (Wildman–Crippen LogP) is 5.46. The van der Waals surface area contributed by atoms with Gasteiger partial charge in [0.15, 0.2) is 6.10 Å². The van der Waals surface area contributed by atoms with Gasteiger partial charge in [-0.05, 0) is 91.3 Å². The maximum absolute atomic E-state index is 14.3. The molecule has 1 N–H and O–H groups in total. The van der Waals surface area contributed by atoms with Crippen LogP contribution in [0, 0.1) is 17.1 Å². The molecule has 0 saturated carbocycles. The van der Waals surface area contributed by atoms with Crippen LogP contribution in [0.1, 0.15) is 73.4 Å². The minimum Gasteiger partial charge on any atom is -0.489 e. The van der Waals surface area contributed by atoms with Crippen LogP contribution in [0.15, 0.2) is 36.4 Å². The minimum absolute atomic E-state index is 0.00751. The monoisotopic (exact) mass is 698 g/mol. The number of nitrogens with one attached hydrogen (secondary N) is 1. The van der Waals surface area contributed by atoms with Crippen molar-refractivity contribution in [3.63, 3.8) is 0 Å². The first-order valence-electron chi connectivity index (χ1n) is 15.8. The van der Waals surface area contributed by atoms with Gasteiger partial charge in [0.1, 0.15) is 22.8 Å². The highest BCUT2D eigenvalue weighted by molar-refractivity contribution is 6.05. The van der Waals surface area contributed by atoms with E-state index in [1.54, 1.807) is 55.4 Å². The van der Waals surface area contributed by atoms with Gasteiger partial charge in [0.2, 0.25) is 6.10 Å². The third kappa shape index (κ3) is 10.9. The van der Waals surface area contributed by atoms with Crippen LogP contribution >= 0.6 is 0 Å². The van der Waals surface area contributed by atoms with Crippen LogP contribution in [-0.4, -0.2) is 77.5 Å². The highest BCUT2D eigenvalue weighted by Gasteiger charge is 2.43. The summed E-state index contributed by atoms with van der Waals surface area (Å²) >= 11 is 0. The number of morpholine rings is 1. The number of hydrogen-bond donors (Lipinski definition) is 1. The highest BCUT2D eigenvalue weighted by atomic mass is 19.1. The first kappa shape index (κ1) is 39.2. The SMILES string of the molecule is CC(=O)O[C@@H](C(=O)Nc1ccc(C#N)c(CN(C(=O)OC(C)(C)C)C(=O)OC(C)(C)C)c1)[C@H]1OCCN(c2cc(F)ccc2OC(C)C)C1=O. The van der Waals surface area contributed by atoms with Gasteiger partial charge in [-0.1, -0.05) is 0 Å². The number of anilines is 2. The van der Waals surface area contributed by atoms with Crippen molar-refractivity contribution in [2.45, 2.75) is 98.4 Å². The fourth-order valence-electron chi connectivity index (χ4n) is 4.68. The molecule has 1 aliphatic heterocycles. The minimum atomic E-state index is -1.80. The molecule has 1 heterocycles. The van der Waals surface area contributed by atoms with E-state index in [-0.39, 0.29) is 47.5 Å². The number of rotatable bonds is 9. The van der Waals surface area contributed by atoms with Crippen LogP contribution in [0.3, 0.4) is 0 Å². The van der Waals surface area contributed by atoms with Crippen molar-refractivity contribution in [1.29, 1.82) is 5.26 Å². The molecule has 14 nitrogen and oxygen atoms in total. The van der Waals surface area contributed by atoms with Gasteiger partial charge < -0.3 is 33.9 Å². The summed E-state index contributed by atoms with van der Waals surface area (Å²) in [4.78, 5) is 67.6. The molecule has 2 aromatic rings. The van der Waals surface area contributed by atoms with Crippen LogP contribution in [0.25, 0.3) is 0 Å². The zero-order valence-corrected chi connectivity index (χ0v) is 29.6. The largest absolute Gasteiger partial charge is 0.489 e. The average Bonchev–Trinajstić information content (AvgIpc) is 2.98. The highest BCUT2D eigenvalue weighted by Crippen LogP contribution is 2.33. The molecule has 15 heteroatoms. The van der Waals surface area contributed by atoms with Gasteiger partial charge in [-0.2, -0.15) is 5.26 Å². The van der Waals surface area contributed by atoms with Crippen LogP contribution in [-0.2, 0) is 39.9 Å². The summed E-state index contributed by atoms with van der Waals surface area (Å²) in [5.41, 5.74) is -1.58. The zero-order chi connectivity index (χ0) is 37.6. The number of nitrogens with zero attached hydrogens (tertiary/aromatic N) is 3. The summed E-state index contributed by atoms with van der Waals surface area (Å²) < 4.78 is 41.8. The van der Waals surface area contributed by atoms with Crippen LogP contribution in [0.4, 0.5) is 25.4 Å². The lowest BCUT2D eigenvalue weighted by Gasteiger charge is -2.36. The van der Waals surface area contributed by atoms with Crippen LogP contribution in [0.5, 0.6) is 5.75 Å². The molecule has 3 rings (SSSR count). The summed E-state index contributed by atoms with van der Waals surface area (Å²) in [7, 11) is 0. The molecule has 1 aliphatic rings. The third-order valence-corrected chi connectivity index (χ3v) is 6.57. The topological polar surface area (TPSA) is 174 Å². The Bertz CT molecular complexity index is 1630. The summed E-state index contributed by atoms with van der Waals surface area (Å²) in [5.74, 6) is -3.05. The van der Waals surface area contributed by atoms with Crippen molar-refractivity contribution in [2.75, 3.05) is 23.4 Å². The predicted molar refractivity (Wildman–Crippen MR) is 178 cm³/mol. The standard InChI is InChI=1S/C35H43FN4O10/c1-20(2)47-27-13-11-24(36)17-26(27)39-14-15-46-29(31(39)43)28(48-21(3)41)30(42)38-25-12-10-22(18-37)23(16-25)19-40(32(44)49-34(4,5)6)33(45)50-35(7,8)9/h10-13,16-17,20,28-29H,14-15,19H2,1-9H3,(H,38,42)/t28-,29-/m1/s1. The first-order chi connectivity index (χ1) is 23.2. The average molecular weight is 699 g/mol. The van der Waals surface area contributed by atoms with E-state index >= 15 is 0 Å². The number of imide groups is 1. The Morgan fingerprint density at radius 1 is 1.04 bits per heavy atom. The van der Waals surface area contributed by atoms with Crippen molar-refractivity contribution < 1.29 is 52.0 Å². The number of hydrogen-bond acceptors (Lipinski definition) is 11. The number of nitriles is 1. The molecule has 1 fully saturated rings. The molecule has 0 aliphatic carbocycles. The van der Waals surface area contributed by atoms with Crippen molar-refractivity contribution in [1.82, 2.24) is 4.90 Å². The van der Waals surface area contributed by atoms with E-state index < -0.39 is 65.7 Å². The maximum atomic E-state index is 14.3. The molecule has 0 radical (unpaired) electrons. The summed E-state index contributed by atoms with van der Waals surface area (Å²) in [6, 6.07) is 9.72. The Balaban J connectivity index is 1.94. The second-order valence-electron chi connectivity index (χ2n) is 13.6. The Morgan fingerprint density at radius 3 is 2.20 bits per heavy atom. The van der Waals surface area contributed by atoms with E-state index in [4.69, 9.17) is 23.7 Å². The van der Waals surface area contributed by atoms with Gasteiger partial charge in [-0.3, -0.25) is 14.4 Å². The van der Waals surface area contributed by atoms with E-state index in [9.17, 15) is 33.6 Å². The molecule has 0 aromatic heterocycles.